The summed E-state index contributed by atoms with van der Waals surface area (Å²) in [5.74, 6) is 0.150. The van der Waals surface area contributed by atoms with Gasteiger partial charge in [0.2, 0.25) is 5.95 Å². The Morgan fingerprint density at radius 3 is 2.47 bits per heavy atom. The number of nitrogens with zero attached hydrogens (tertiary/aromatic N) is 8. The molecule has 160 valence electrons. The van der Waals surface area contributed by atoms with Crippen molar-refractivity contribution in [3.63, 3.8) is 0 Å². The Labute approximate surface area is 165 Å². The highest BCUT2D eigenvalue weighted by Gasteiger charge is 2.44. The first kappa shape index (κ1) is 20.1. The smallest absolute Gasteiger partial charge is 0.344 e. The first-order valence-electron chi connectivity index (χ1n) is 8.71. The molecule has 0 unspecified atom stereocenters. The minimum absolute atomic E-state index is 0.0585. The molecular weight excluding hydrogens is 418 g/mol. The fourth-order valence-corrected chi connectivity index (χ4v) is 3.34. The summed E-state index contributed by atoms with van der Waals surface area (Å²) < 4.78 is 81.5. The number of alkyl halides is 6. The van der Waals surface area contributed by atoms with Crippen molar-refractivity contribution < 1.29 is 26.3 Å². The SMILES string of the molecule is Cc1nnc2n1-c1cnc(-n3ccnc3)nc1N(CCC(F)(F)F)[C@H]2CC(F)(F)F. The zero-order valence-electron chi connectivity index (χ0n) is 15.4. The van der Waals surface area contributed by atoms with E-state index in [-0.39, 0.29) is 29.1 Å². The number of hydrogen-bond acceptors (Lipinski definition) is 6. The average molecular weight is 432 g/mol. The molecule has 0 spiro atoms. The first-order chi connectivity index (χ1) is 14.0. The molecule has 0 amide bonds. The van der Waals surface area contributed by atoms with Crippen molar-refractivity contribution >= 4 is 5.82 Å². The number of fused-ring (bicyclic) bond motifs is 3. The number of halogens is 6. The van der Waals surface area contributed by atoms with E-state index in [1.54, 1.807) is 0 Å². The van der Waals surface area contributed by atoms with Crippen LogP contribution in [-0.4, -0.2) is 53.2 Å². The molecule has 0 radical (unpaired) electrons. The van der Waals surface area contributed by atoms with Gasteiger partial charge in [0, 0.05) is 18.9 Å². The van der Waals surface area contributed by atoms with E-state index in [9.17, 15) is 26.3 Å². The predicted molar refractivity (Wildman–Crippen MR) is 90.2 cm³/mol. The second-order valence-corrected chi connectivity index (χ2v) is 6.68. The van der Waals surface area contributed by atoms with Gasteiger partial charge in [-0.15, -0.1) is 10.2 Å². The Balaban J connectivity index is 1.87. The highest BCUT2D eigenvalue weighted by Crippen LogP contribution is 2.43. The van der Waals surface area contributed by atoms with Crippen LogP contribution in [0.3, 0.4) is 0 Å². The topological polar surface area (TPSA) is 77.5 Å². The van der Waals surface area contributed by atoms with E-state index in [2.05, 4.69) is 25.1 Å². The van der Waals surface area contributed by atoms with Crippen LogP contribution in [0, 0.1) is 6.92 Å². The van der Waals surface area contributed by atoms with Crippen molar-refractivity contribution in [2.45, 2.75) is 38.2 Å². The Morgan fingerprint density at radius 2 is 1.83 bits per heavy atom. The average Bonchev–Trinajstić information content (AvgIpc) is 3.29. The molecule has 8 nitrogen and oxygen atoms in total. The van der Waals surface area contributed by atoms with Crippen LogP contribution in [0.2, 0.25) is 0 Å². The molecule has 0 saturated carbocycles. The van der Waals surface area contributed by atoms with Crippen LogP contribution < -0.4 is 4.90 Å². The summed E-state index contributed by atoms with van der Waals surface area (Å²) >= 11 is 0. The van der Waals surface area contributed by atoms with E-state index in [4.69, 9.17) is 0 Å². The minimum atomic E-state index is -4.65. The highest BCUT2D eigenvalue weighted by atomic mass is 19.4. The van der Waals surface area contributed by atoms with Gasteiger partial charge in [0.25, 0.3) is 0 Å². The van der Waals surface area contributed by atoms with Crippen molar-refractivity contribution in [1.29, 1.82) is 0 Å². The first-order valence-corrected chi connectivity index (χ1v) is 8.71. The molecule has 3 aromatic heterocycles. The maximum Gasteiger partial charge on any atom is 0.391 e. The molecule has 4 heterocycles. The van der Waals surface area contributed by atoms with E-state index in [0.29, 0.717) is 0 Å². The standard InChI is InChI=1S/C16H14F6N8/c1-9-26-27-13-10(6-16(20,21)22)29(4-2-15(17,18)19)12-11(30(9)13)7-24-14(25-12)28-5-3-23-8-28/h3,5,7-8,10H,2,4,6H2,1H3/t10-/m0/s1. The summed E-state index contributed by atoms with van der Waals surface area (Å²) in [6.07, 6.45) is -6.31. The molecule has 0 bridgehead atoms. The summed E-state index contributed by atoms with van der Waals surface area (Å²) in [5.41, 5.74) is 0.206. The van der Waals surface area contributed by atoms with Crippen molar-refractivity contribution in [3.05, 3.63) is 36.6 Å². The fourth-order valence-electron chi connectivity index (χ4n) is 3.34. The summed E-state index contributed by atoms with van der Waals surface area (Å²) in [6, 6.07) is -1.52. The molecule has 0 saturated heterocycles. The summed E-state index contributed by atoms with van der Waals surface area (Å²) in [4.78, 5) is 13.2. The molecule has 0 N–H and O–H groups in total. The summed E-state index contributed by atoms with van der Waals surface area (Å²) in [7, 11) is 0. The number of imidazole rings is 1. The second-order valence-electron chi connectivity index (χ2n) is 6.68. The van der Waals surface area contributed by atoms with Crippen LogP contribution in [0.1, 0.15) is 30.5 Å². The van der Waals surface area contributed by atoms with Gasteiger partial charge in [0.15, 0.2) is 11.6 Å². The van der Waals surface area contributed by atoms with Gasteiger partial charge in [-0.05, 0) is 6.92 Å². The van der Waals surface area contributed by atoms with E-state index < -0.39 is 37.8 Å². The van der Waals surface area contributed by atoms with Crippen LogP contribution in [0.15, 0.2) is 24.9 Å². The third-order valence-electron chi connectivity index (χ3n) is 4.57. The molecule has 14 heteroatoms. The third-order valence-corrected chi connectivity index (χ3v) is 4.57. The lowest BCUT2D eigenvalue weighted by Crippen LogP contribution is -2.40. The maximum absolute atomic E-state index is 13.3. The molecule has 0 fully saturated rings. The Morgan fingerprint density at radius 1 is 1.07 bits per heavy atom. The lowest BCUT2D eigenvalue weighted by Gasteiger charge is -2.38. The quantitative estimate of drug-likeness (QED) is 0.589. The predicted octanol–water partition coefficient (Wildman–Crippen LogP) is 3.32. The van der Waals surface area contributed by atoms with Gasteiger partial charge in [-0.25, -0.2) is 9.97 Å². The van der Waals surface area contributed by atoms with Crippen LogP contribution in [0.4, 0.5) is 32.2 Å². The zero-order chi connectivity index (χ0) is 21.7. The van der Waals surface area contributed by atoms with Crippen LogP contribution in [0.5, 0.6) is 0 Å². The van der Waals surface area contributed by atoms with Crippen LogP contribution >= 0.6 is 0 Å². The molecule has 0 aromatic carbocycles. The molecule has 0 aliphatic carbocycles. The van der Waals surface area contributed by atoms with E-state index in [1.165, 1.54) is 41.0 Å². The van der Waals surface area contributed by atoms with Gasteiger partial charge in [0.1, 0.15) is 17.8 Å². The van der Waals surface area contributed by atoms with E-state index in [0.717, 1.165) is 4.90 Å². The number of aromatic nitrogens is 7. The van der Waals surface area contributed by atoms with Gasteiger partial charge in [-0.3, -0.25) is 9.13 Å². The number of aryl methyl sites for hydroxylation is 1. The van der Waals surface area contributed by atoms with Crippen molar-refractivity contribution in [2.24, 2.45) is 0 Å². The third kappa shape index (κ3) is 3.80. The van der Waals surface area contributed by atoms with Crippen molar-refractivity contribution in [1.82, 2.24) is 34.3 Å². The molecule has 1 aliphatic rings. The summed E-state index contributed by atoms with van der Waals surface area (Å²) in [5, 5.41) is 7.63. The molecule has 1 atom stereocenters. The van der Waals surface area contributed by atoms with Gasteiger partial charge < -0.3 is 4.90 Å². The van der Waals surface area contributed by atoms with Crippen molar-refractivity contribution in [3.8, 4) is 11.6 Å². The Bertz CT molecular complexity index is 1040. The lowest BCUT2D eigenvalue weighted by atomic mass is 10.1. The Kier molecular flexibility index (Phi) is 4.66. The highest BCUT2D eigenvalue weighted by molar-refractivity contribution is 5.62. The van der Waals surface area contributed by atoms with Crippen LogP contribution in [0.25, 0.3) is 11.6 Å². The number of anilines is 1. The second kappa shape index (κ2) is 6.95. The molecule has 3 aromatic rings. The molecule has 1 aliphatic heterocycles. The van der Waals surface area contributed by atoms with Crippen LogP contribution in [-0.2, 0) is 0 Å². The normalized spacial score (nSPS) is 16.5. The number of hydrogen-bond donors (Lipinski definition) is 0. The summed E-state index contributed by atoms with van der Waals surface area (Å²) in [6.45, 7) is 0.795. The minimum Gasteiger partial charge on any atom is -0.344 e. The maximum atomic E-state index is 13.3. The molecular formula is C16H14F6N8. The van der Waals surface area contributed by atoms with Gasteiger partial charge in [0.05, 0.1) is 25.1 Å². The fraction of sp³-hybridized carbons (Fsp3) is 0.438. The van der Waals surface area contributed by atoms with Crippen molar-refractivity contribution in [2.75, 3.05) is 11.4 Å². The van der Waals surface area contributed by atoms with Gasteiger partial charge >= 0.3 is 12.4 Å². The van der Waals surface area contributed by atoms with Gasteiger partial charge in [-0.2, -0.15) is 31.3 Å². The molecule has 4 rings (SSSR count). The monoisotopic (exact) mass is 432 g/mol. The molecule has 30 heavy (non-hydrogen) atoms. The van der Waals surface area contributed by atoms with E-state index >= 15 is 0 Å². The zero-order valence-corrected chi connectivity index (χ0v) is 15.4. The largest absolute Gasteiger partial charge is 0.391 e. The lowest BCUT2D eigenvalue weighted by molar-refractivity contribution is -0.141. The van der Waals surface area contributed by atoms with Gasteiger partial charge in [-0.1, -0.05) is 0 Å². The number of rotatable bonds is 4. The van der Waals surface area contributed by atoms with E-state index in [1.807, 2.05) is 0 Å². The Hall–Kier alpha value is -3.19.